The van der Waals surface area contributed by atoms with Crippen LogP contribution in [0.1, 0.15) is 30.1 Å². The van der Waals surface area contributed by atoms with Crippen molar-refractivity contribution in [3.8, 4) is 11.5 Å². The first-order valence-corrected chi connectivity index (χ1v) is 9.65. The number of thiazole rings is 1. The molecule has 150 valence electrons. The Morgan fingerprint density at radius 1 is 1.30 bits per heavy atom. The fraction of sp³-hybridized carbons (Fsp3) is 0.474. The number of benzene rings is 1. The monoisotopic (exact) mass is 504 g/mol. The van der Waals surface area contributed by atoms with Crippen LogP contribution < -0.4 is 14.8 Å². The topological polar surface area (TPSA) is 59.0 Å². The van der Waals surface area contributed by atoms with Gasteiger partial charge in [0.1, 0.15) is 0 Å². The molecular weight excluding hydrogens is 475 g/mol. The minimum absolute atomic E-state index is 0. The number of methoxy groups -OCH3 is 1. The Kier molecular flexibility index (Phi) is 10.5. The largest absolute Gasteiger partial charge is 0.493 e. The molecule has 0 unspecified atom stereocenters. The zero-order chi connectivity index (χ0) is 18.9. The van der Waals surface area contributed by atoms with Crippen LogP contribution in [-0.4, -0.2) is 43.2 Å². The molecular formula is C19H29IN4O2S. The lowest BCUT2D eigenvalue weighted by Crippen LogP contribution is -2.38. The zero-order valence-corrected chi connectivity index (χ0v) is 19.8. The second kappa shape index (κ2) is 12.0. The van der Waals surface area contributed by atoms with Crippen LogP contribution in [0.4, 0.5) is 0 Å². The Balaban J connectivity index is 0.00000364. The van der Waals surface area contributed by atoms with E-state index in [0.29, 0.717) is 13.2 Å². The summed E-state index contributed by atoms with van der Waals surface area (Å²) in [7, 11) is 3.67. The van der Waals surface area contributed by atoms with Gasteiger partial charge in [0.25, 0.3) is 0 Å². The van der Waals surface area contributed by atoms with Crippen LogP contribution in [0.15, 0.2) is 28.6 Å². The molecule has 0 aliphatic rings. The summed E-state index contributed by atoms with van der Waals surface area (Å²) in [5.41, 5.74) is 2.13. The van der Waals surface area contributed by atoms with Crippen molar-refractivity contribution in [1.29, 1.82) is 0 Å². The highest BCUT2D eigenvalue weighted by Gasteiger charge is 2.10. The van der Waals surface area contributed by atoms with Gasteiger partial charge in [0, 0.05) is 19.0 Å². The van der Waals surface area contributed by atoms with Crippen LogP contribution in [0.2, 0.25) is 0 Å². The van der Waals surface area contributed by atoms with Crippen LogP contribution in [0, 0.1) is 6.92 Å². The molecule has 1 heterocycles. The third-order valence-electron chi connectivity index (χ3n) is 3.70. The van der Waals surface area contributed by atoms with Gasteiger partial charge >= 0.3 is 0 Å². The number of ether oxygens (including phenoxy) is 2. The number of aromatic nitrogens is 1. The molecule has 2 aromatic rings. The average molecular weight is 504 g/mol. The predicted octanol–water partition coefficient (Wildman–Crippen LogP) is 4.07. The maximum absolute atomic E-state index is 5.65. The minimum atomic E-state index is 0. The first-order chi connectivity index (χ1) is 12.6. The maximum Gasteiger partial charge on any atom is 0.194 e. The number of hydrogen-bond donors (Lipinski definition) is 1. The summed E-state index contributed by atoms with van der Waals surface area (Å²) in [6.45, 7) is 8.75. The van der Waals surface area contributed by atoms with E-state index in [-0.39, 0.29) is 24.0 Å². The molecule has 1 N–H and O–H groups in total. The highest BCUT2D eigenvalue weighted by molar-refractivity contribution is 14.0. The van der Waals surface area contributed by atoms with Gasteiger partial charge in [-0.25, -0.2) is 9.98 Å². The third kappa shape index (κ3) is 7.17. The fourth-order valence-electron chi connectivity index (χ4n) is 2.52. The molecule has 0 atom stereocenters. The number of nitrogens with one attached hydrogen (secondary N) is 1. The van der Waals surface area contributed by atoms with Crippen LogP contribution in [0.5, 0.6) is 11.5 Å². The number of halogens is 1. The summed E-state index contributed by atoms with van der Waals surface area (Å²) >= 11 is 1.67. The summed E-state index contributed by atoms with van der Waals surface area (Å²) in [6.07, 6.45) is 0. The summed E-state index contributed by atoms with van der Waals surface area (Å²) in [4.78, 5) is 11.4. The van der Waals surface area contributed by atoms with Gasteiger partial charge in [-0.1, -0.05) is 6.07 Å². The van der Waals surface area contributed by atoms with Gasteiger partial charge in [0.05, 0.1) is 37.5 Å². The molecule has 0 aliphatic carbocycles. The standard InChI is InChI=1S/C19H28N4O2S.HI/c1-6-20-19(23(4)12-16-13-26-14(3)22-16)21-11-15-8-9-17(24-5)18(10-15)25-7-2;/h8-10,13H,6-7,11-12H2,1-5H3,(H,20,21);1H. The molecule has 27 heavy (non-hydrogen) atoms. The highest BCUT2D eigenvalue weighted by Crippen LogP contribution is 2.28. The van der Waals surface area contributed by atoms with Crippen LogP contribution >= 0.6 is 35.3 Å². The van der Waals surface area contributed by atoms with Crippen molar-refractivity contribution in [3.63, 3.8) is 0 Å². The molecule has 8 heteroatoms. The van der Waals surface area contributed by atoms with Crippen molar-refractivity contribution in [2.45, 2.75) is 33.9 Å². The summed E-state index contributed by atoms with van der Waals surface area (Å²) in [6, 6.07) is 5.92. The number of hydrogen-bond acceptors (Lipinski definition) is 5. The lowest BCUT2D eigenvalue weighted by molar-refractivity contribution is 0.310. The van der Waals surface area contributed by atoms with Crippen molar-refractivity contribution in [2.75, 3.05) is 27.3 Å². The normalized spacial score (nSPS) is 10.9. The fourth-order valence-corrected chi connectivity index (χ4v) is 3.13. The van der Waals surface area contributed by atoms with Crippen molar-refractivity contribution in [2.24, 2.45) is 4.99 Å². The van der Waals surface area contributed by atoms with Gasteiger partial charge in [-0.15, -0.1) is 35.3 Å². The van der Waals surface area contributed by atoms with Gasteiger partial charge in [-0.05, 0) is 38.5 Å². The summed E-state index contributed by atoms with van der Waals surface area (Å²) in [5, 5.41) is 6.51. The highest BCUT2D eigenvalue weighted by atomic mass is 127. The molecule has 0 saturated heterocycles. The lowest BCUT2D eigenvalue weighted by Gasteiger charge is -2.21. The van der Waals surface area contributed by atoms with E-state index in [2.05, 4.69) is 27.5 Å². The van der Waals surface area contributed by atoms with Crippen molar-refractivity contribution >= 4 is 41.3 Å². The minimum Gasteiger partial charge on any atom is -0.493 e. The SMILES string of the molecule is CCNC(=NCc1ccc(OC)c(OCC)c1)N(C)Cc1csc(C)n1.I. The van der Waals surface area contributed by atoms with Crippen LogP contribution in [0.3, 0.4) is 0 Å². The molecule has 0 amide bonds. The Bertz CT molecular complexity index is 736. The third-order valence-corrected chi connectivity index (χ3v) is 4.52. The van der Waals surface area contributed by atoms with Crippen LogP contribution in [0.25, 0.3) is 0 Å². The van der Waals surface area contributed by atoms with Gasteiger partial charge in [0.2, 0.25) is 0 Å². The smallest absolute Gasteiger partial charge is 0.194 e. The first-order valence-electron chi connectivity index (χ1n) is 8.77. The lowest BCUT2D eigenvalue weighted by atomic mass is 10.2. The Labute approximate surface area is 183 Å². The number of nitrogens with zero attached hydrogens (tertiary/aromatic N) is 3. The van der Waals surface area contributed by atoms with Gasteiger partial charge < -0.3 is 19.7 Å². The molecule has 0 aliphatic heterocycles. The zero-order valence-electron chi connectivity index (χ0n) is 16.6. The molecule has 0 saturated carbocycles. The maximum atomic E-state index is 5.65. The molecule has 0 fully saturated rings. The van der Waals surface area contributed by atoms with E-state index in [1.54, 1.807) is 18.4 Å². The van der Waals surface area contributed by atoms with Crippen molar-refractivity contribution in [3.05, 3.63) is 39.8 Å². The number of rotatable bonds is 8. The second-order valence-electron chi connectivity index (χ2n) is 5.80. The molecule has 0 spiro atoms. The summed E-state index contributed by atoms with van der Waals surface area (Å²) < 4.78 is 11.0. The van der Waals surface area contributed by atoms with Gasteiger partial charge in [-0.3, -0.25) is 0 Å². The van der Waals surface area contributed by atoms with E-state index in [0.717, 1.165) is 46.8 Å². The van der Waals surface area contributed by atoms with E-state index in [9.17, 15) is 0 Å². The molecule has 2 rings (SSSR count). The number of aryl methyl sites for hydroxylation is 1. The van der Waals surface area contributed by atoms with Gasteiger partial charge in [0.15, 0.2) is 17.5 Å². The van der Waals surface area contributed by atoms with Crippen molar-refractivity contribution in [1.82, 2.24) is 15.2 Å². The molecule has 6 nitrogen and oxygen atoms in total. The van der Waals surface area contributed by atoms with E-state index in [4.69, 9.17) is 14.5 Å². The number of aliphatic imine (C=N–C) groups is 1. The second-order valence-corrected chi connectivity index (χ2v) is 6.86. The van der Waals surface area contributed by atoms with E-state index in [1.165, 1.54) is 0 Å². The molecule has 0 radical (unpaired) electrons. The van der Waals surface area contributed by atoms with Gasteiger partial charge in [-0.2, -0.15) is 0 Å². The number of guanidine groups is 1. The van der Waals surface area contributed by atoms with Crippen molar-refractivity contribution < 1.29 is 9.47 Å². The first kappa shape index (κ1) is 23.5. The molecule has 0 bridgehead atoms. The Morgan fingerprint density at radius 3 is 2.67 bits per heavy atom. The van der Waals surface area contributed by atoms with E-state index >= 15 is 0 Å². The summed E-state index contributed by atoms with van der Waals surface area (Å²) in [5.74, 6) is 2.34. The average Bonchev–Trinajstić information content (AvgIpc) is 3.03. The van der Waals surface area contributed by atoms with Crippen LogP contribution in [-0.2, 0) is 13.1 Å². The van der Waals surface area contributed by atoms with E-state index < -0.39 is 0 Å². The predicted molar refractivity (Wildman–Crippen MR) is 123 cm³/mol. The Hall–Kier alpha value is -1.55. The quantitative estimate of drug-likeness (QED) is 0.334. The van der Waals surface area contributed by atoms with E-state index in [1.807, 2.05) is 39.1 Å². The molecule has 1 aromatic carbocycles. The Morgan fingerprint density at radius 2 is 2.07 bits per heavy atom. The molecule has 1 aromatic heterocycles.